The summed E-state index contributed by atoms with van der Waals surface area (Å²) in [6.45, 7) is 3.49. The van der Waals surface area contributed by atoms with E-state index in [1.807, 2.05) is 37.3 Å². The summed E-state index contributed by atoms with van der Waals surface area (Å²) in [6, 6.07) is 9.24. The number of aromatic nitrogens is 1. The number of aryl methyl sites for hydroxylation is 1. The van der Waals surface area contributed by atoms with Gasteiger partial charge in [0.25, 0.3) is 5.91 Å². The highest BCUT2D eigenvalue weighted by Crippen LogP contribution is 2.30. The van der Waals surface area contributed by atoms with Gasteiger partial charge in [0, 0.05) is 32.9 Å². The third-order valence-electron chi connectivity index (χ3n) is 4.66. The Labute approximate surface area is 152 Å². The fraction of sp³-hybridized carbons (Fsp3) is 0.316. The molecule has 0 saturated carbocycles. The smallest absolute Gasteiger partial charge is 0.407 e. The van der Waals surface area contributed by atoms with E-state index >= 15 is 0 Å². The number of hydrogen-bond acceptors (Lipinski definition) is 4. The third-order valence-corrected chi connectivity index (χ3v) is 4.66. The van der Waals surface area contributed by atoms with Crippen LogP contribution in [0, 0.1) is 6.92 Å². The quantitative estimate of drug-likeness (QED) is 0.784. The molecule has 1 saturated heterocycles. The van der Waals surface area contributed by atoms with Crippen molar-refractivity contribution in [3.8, 4) is 11.1 Å². The van der Waals surface area contributed by atoms with Crippen LogP contribution in [0.4, 0.5) is 4.79 Å². The summed E-state index contributed by atoms with van der Waals surface area (Å²) in [7, 11) is 1.58. The van der Waals surface area contributed by atoms with Crippen LogP contribution in [0.15, 0.2) is 36.5 Å². The molecule has 3 N–H and O–H groups in total. The van der Waals surface area contributed by atoms with Crippen LogP contribution in [-0.2, 0) is 0 Å². The molecule has 7 nitrogen and oxygen atoms in total. The molecule has 2 heterocycles. The minimum absolute atomic E-state index is 0.223. The van der Waals surface area contributed by atoms with Crippen LogP contribution in [0.3, 0.4) is 0 Å². The molecule has 1 aromatic carbocycles. The van der Waals surface area contributed by atoms with Gasteiger partial charge in [-0.1, -0.05) is 24.3 Å². The van der Waals surface area contributed by atoms with E-state index in [1.165, 1.54) is 11.1 Å². The lowest BCUT2D eigenvalue weighted by molar-refractivity contribution is 0.0961. The van der Waals surface area contributed by atoms with Crippen molar-refractivity contribution in [1.82, 2.24) is 20.5 Å². The van der Waals surface area contributed by atoms with Gasteiger partial charge in [-0.25, -0.2) is 4.79 Å². The van der Waals surface area contributed by atoms with Gasteiger partial charge in [-0.05, 0) is 29.7 Å². The number of pyridine rings is 1. The maximum absolute atomic E-state index is 12.3. The summed E-state index contributed by atoms with van der Waals surface area (Å²) in [5, 5.41) is 15.3. The van der Waals surface area contributed by atoms with Crippen molar-refractivity contribution in [1.29, 1.82) is 0 Å². The Morgan fingerprint density at radius 1 is 1.31 bits per heavy atom. The Morgan fingerprint density at radius 3 is 2.77 bits per heavy atom. The van der Waals surface area contributed by atoms with Crippen molar-refractivity contribution >= 4 is 12.0 Å². The first-order valence-corrected chi connectivity index (χ1v) is 8.51. The van der Waals surface area contributed by atoms with Gasteiger partial charge >= 0.3 is 6.09 Å². The van der Waals surface area contributed by atoms with E-state index in [2.05, 4.69) is 15.6 Å². The van der Waals surface area contributed by atoms with Gasteiger partial charge in [0.15, 0.2) is 0 Å². The van der Waals surface area contributed by atoms with Crippen LogP contribution in [0.1, 0.15) is 27.7 Å². The van der Waals surface area contributed by atoms with Gasteiger partial charge in [0.1, 0.15) is 0 Å². The first-order chi connectivity index (χ1) is 12.5. The average molecular weight is 354 g/mol. The van der Waals surface area contributed by atoms with Crippen molar-refractivity contribution in [3.05, 3.63) is 53.3 Å². The summed E-state index contributed by atoms with van der Waals surface area (Å²) in [6.07, 6.45) is 0.566. The number of carbonyl (C=O) groups is 2. The molecule has 0 radical (unpaired) electrons. The normalized spacial score (nSPS) is 17.0. The van der Waals surface area contributed by atoms with Crippen molar-refractivity contribution in [2.75, 3.05) is 26.7 Å². The summed E-state index contributed by atoms with van der Waals surface area (Å²) < 4.78 is 0. The SMILES string of the molecule is CNC(=O)c1cnc(C2CNCCN2C(=O)O)cc1-c1ccccc1C. The van der Waals surface area contributed by atoms with Gasteiger partial charge in [-0.2, -0.15) is 0 Å². The zero-order valence-electron chi connectivity index (χ0n) is 14.8. The zero-order valence-corrected chi connectivity index (χ0v) is 14.8. The standard InChI is InChI=1S/C19H22N4O3/c1-12-5-3-4-6-13(12)14-9-16(22-10-15(14)18(24)20-2)17-11-21-7-8-23(17)19(25)26/h3-6,9-10,17,21H,7-8,11H2,1-2H3,(H,20,24)(H,25,26). The fourth-order valence-electron chi connectivity index (χ4n) is 3.26. The second-order valence-corrected chi connectivity index (χ2v) is 6.24. The molecule has 1 aromatic heterocycles. The second-order valence-electron chi connectivity index (χ2n) is 6.24. The average Bonchev–Trinajstić information content (AvgIpc) is 2.67. The molecule has 7 heteroatoms. The molecule has 136 valence electrons. The Balaban J connectivity index is 2.12. The number of carboxylic acid groups (broad SMARTS) is 1. The predicted molar refractivity (Wildman–Crippen MR) is 98.1 cm³/mol. The summed E-state index contributed by atoms with van der Waals surface area (Å²) >= 11 is 0. The molecule has 0 aliphatic carbocycles. The van der Waals surface area contributed by atoms with Gasteiger partial charge < -0.3 is 15.7 Å². The second kappa shape index (κ2) is 7.53. The number of carbonyl (C=O) groups excluding carboxylic acids is 1. The Kier molecular flexibility index (Phi) is 5.18. The van der Waals surface area contributed by atoms with E-state index < -0.39 is 6.09 Å². The summed E-state index contributed by atoms with van der Waals surface area (Å²) in [5.74, 6) is -0.223. The lowest BCUT2D eigenvalue weighted by Crippen LogP contribution is -2.48. The van der Waals surface area contributed by atoms with E-state index in [0.29, 0.717) is 30.9 Å². The Bertz CT molecular complexity index is 837. The van der Waals surface area contributed by atoms with Crippen LogP contribution in [0.2, 0.25) is 0 Å². The maximum atomic E-state index is 12.3. The molecule has 1 aliphatic heterocycles. The third kappa shape index (κ3) is 3.39. The molecule has 1 fully saturated rings. The topological polar surface area (TPSA) is 94.6 Å². The van der Waals surface area contributed by atoms with E-state index in [9.17, 15) is 14.7 Å². The van der Waals surface area contributed by atoms with E-state index in [4.69, 9.17) is 0 Å². The molecular weight excluding hydrogens is 332 g/mol. The summed E-state index contributed by atoms with van der Waals surface area (Å²) in [5.41, 5.74) is 3.82. The lowest BCUT2D eigenvalue weighted by Gasteiger charge is -2.34. The highest BCUT2D eigenvalue weighted by molar-refractivity contribution is 6.00. The van der Waals surface area contributed by atoms with Crippen molar-refractivity contribution < 1.29 is 14.7 Å². The molecule has 2 aromatic rings. The molecule has 1 atom stereocenters. The highest BCUT2D eigenvalue weighted by Gasteiger charge is 2.29. The number of nitrogens with zero attached hydrogens (tertiary/aromatic N) is 2. The number of rotatable bonds is 3. The monoisotopic (exact) mass is 354 g/mol. The van der Waals surface area contributed by atoms with E-state index in [-0.39, 0.29) is 11.9 Å². The Morgan fingerprint density at radius 2 is 2.08 bits per heavy atom. The van der Waals surface area contributed by atoms with Crippen molar-refractivity contribution in [3.63, 3.8) is 0 Å². The maximum Gasteiger partial charge on any atom is 0.407 e. The number of benzene rings is 1. The van der Waals surface area contributed by atoms with Crippen LogP contribution in [-0.4, -0.2) is 53.7 Å². The summed E-state index contributed by atoms with van der Waals surface area (Å²) in [4.78, 5) is 29.7. The minimum atomic E-state index is -0.967. The van der Waals surface area contributed by atoms with Crippen LogP contribution in [0.25, 0.3) is 11.1 Å². The Hall–Kier alpha value is -2.93. The number of piperazine rings is 1. The van der Waals surface area contributed by atoms with Crippen LogP contribution in [0.5, 0.6) is 0 Å². The lowest BCUT2D eigenvalue weighted by atomic mass is 9.94. The molecule has 2 amide bonds. The first-order valence-electron chi connectivity index (χ1n) is 8.51. The van der Waals surface area contributed by atoms with Crippen molar-refractivity contribution in [2.45, 2.75) is 13.0 Å². The fourth-order valence-corrected chi connectivity index (χ4v) is 3.26. The molecular formula is C19H22N4O3. The predicted octanol–water partition coefficient (Wildman–Crippen LogP) is 2.04. The number of amides is 2. The zero-order chi connectivity index (χ0) is 18.7. The molecule has 3 rings (SSSR count). The molecule has 1 unspecified atom stereocenters. The molecule has 0 spiro atoms. The van der Waals surface area contributed by atoms with Gasteiger partial charge in [-0.3, -0.25) is 14.7 Å². The van der Waals surface area contributed by atoms with Gasteiger partial charge in [0.2, 0.25) is 0 Å². The van der Waals surface area contributed by atoms with Crippen molar-refractivity contribution in [2.24, 2.45) is 0 Å². The first kappa shape index (κ1) is 17.9. The molecule has 0 bridgehead atoms. The largest absolute Gasteiger partial charge is 0.465 e. The molecule has 26 heavy (non-hydrogen) atoms. The molecule has 1 aliphatic rings. The van der Waals surface area contributed by atoms with Crippen LogP contribution < -0.4 is 10.6 Å². The number of hydrogen-bond donors (Lipinski definition) is 3. The minimum Gasteiger partial charge on any atom is -0.465 e. The van der Waals surface area contributed by atoms with E-state index in [1.54, 1.807) is 7.05 Å². The number of nitrogens with one attached hydrogen (secondary N) is 2. The van der Waals surface area contributed by atoms with Gasteiger partial charge in [0.05, 0.1) is 17.3 Å². The van der Waals surface area contributed by atoms with E-state index in [0.717, 1.165) is 16.7 Å². The highest BCUT2D eigenvalue weighted by atomic mass is 16.4. The van der Waals surface area contributed by atoms with Gasteiger partial charge in [-0.15, -0.1) is 0 Å². The van der Waals surface area contributed by atoms with Crippen LogP contribution >= 0.6 is 0 Å².